The molecule has 0 saturated heterocycles. The highest BCUT2D eigenvalue weighted by Gasteiger charge is 2.22. The van der Waals surface area contributed by atoms with E-state index in [1.54, 1.807) is 7.11 Å². The van der Waals surface area contributed by atoms with E-state index in [-0.39, 0.29) is 0 Å². The van der Waals surface area contributed by atoms with Crippen molar-refractivity contribution < 1.29 is 9.84 Å². The lowest BCUT2D eigenvalue weighted by Crippen LogP contribution is -2.25. The highest BCUT2D eigenvalue weighted by Crippen LogP contribution is 2.21. The largest absolute Gasteiger partial charge is 0.379 e. The molecule has 0 aromatic rings. The van der Waals surface area contributed by atoms with Gasteiger partial charge in [0.15, 0.2) is 0 Å². The summed E-state index contributed by atoms with van der Waals surface area (Å²) < 4.78 is 4.79. The van der Waals surface area contributed by atoms with Crippen molar-refractivity contribution in [1.29, 1.82) is 0 Å². The third-order valence-electron chi connectivity index (χ3n) is 1.89. The molecule has 1 N–H and O–H groups in total. The lowest BCUT2D eigenvalue weighted by molar-refractivity contribution is 0.134. The van der Waals surface area contributed by atoms with Gasteiger partial charge in [0.25, 0.3) is 0 Å². The van der Waals surface area contributed by atoms with Crippen LogP contribution in [0, 0.1) is 17.3 Å². The SMILES string of the molecule is COCC#CC(O)C(C)(C)C=C=C(C)C. The molecule has 0 aliphatic rings. The van der Waals surface area contributed by atoms with E-state index in [4.69, 9.17) is 4.74 Å². The molecule has 0 aromatic carbocycles. The van der Waals surface area contributed by atoms with Crippen LogP contribution in [0.2, 0.25) is 0 Å². The van der Waals surface area contributed by atoms with E-state index in [0.29, 0.717) is 6.61 Å². The second-order valence-corrected chi connectivity index (χ2v) is 4.27. The lowest BCUT2D eigenvalue weighted by atomic mass is 9.86. The Labute approximate surface area is 92.6 Å². The van der Waals surface area contributed by atoms with Crippen LogP contribution < -0.4 is 0 Å². The molecule has 2 nitrogen and oxygen atoms in total. The van der Waals surface area contributed by atoms with E-state index >= 15 is 0 Å². The van der Waals surface area contributed by atoms with Gasteiger partial charge < -0.3 is 9.84 Å². The number of ether oxygens (including phenoxy) is 1. The van der Waals surface area contributed by atoms with Crippen molar-refractivity contribution >= 4 is 0 Å². The molecule has 0 aliphatic heterocycles. The molecule has 2 heteroatoms. The maximum Gasteiger partial charge on any atom is 0.123 e. The Balaban J connectivity index is 4.61. The van der Waals surface area contributed by atoms with Gasteiger partial charge in [-0.25, -0.2) is 0 Å². The van der Waals surface area contributed by atoms with E-state index in [0.717, 1.165) is 5.57 Å². The van der Waals surface area contributed by atoms with E-state index in [2.05, 4.69) is 17.6 Å². The zero-order valence-electron chi connectivity index (χ0n) is 10.2. The van der Waals surface area contributed by atoms with Crippen molar-refractivity contribution in [3.63, 3.8) is 0 Å². The minimum atomic E-state index is -0.695. The summed E-state index contributed by atoms with van der Waals surface area (Å²) >= 11 is 0. The molecule has 0 fully saturated rings. The first kappa shape index (κ1) is 14.0. The normalized spacial score (nSPS) is 12.1. The van der Waals surface area contributed by atoms with Crippen molar-refractivity contribution in [2.75, 3.05) is 13.7 Å². The number of hydrogen-bond donors (Lipinski definition) is 1. The first-order valence-electron chi connectivity index (χ1n) is 4.96. The fourth-order valence-corrected chi connectivity index (χ4v) is 0.806. The minimum absolute atomic E-state index is 0.347. The molecule has 84 valence electrons. The van der Waals surface area contributed by atoms with Gasteiger partial charge in [0, 0.05) is 12.5 Å². The Morgan fingerprint density at radius 3 is 2.53 bits per heavy atom. The maximum atomic E-state index is 9.81. The smallest absolute Gasteiger partial charge is 0.123 e. The molecule has 0 rings (SSSR count). The third kappa shape index (κ3) is 6.14. The molecule has 1 atom stereocenters. The monoisotopic (exact) mass is 208 g/mol. The van der Waals surface area contributed by atoms with Crippen molar-refractivity contribution in [3.8, 4) is 11.8 Å². The summed E-state index contributed by atoms with van der Waals surface area (Å²) in [7, 11) is 1.58. The van der Waals surface area contributed by atoms with Crippen molar-refractivity contribution in [2.45, 2.75) is 33.8 Å². The number of aliphatic hydroxyl groups is 1. The second kappa shape index (κ2) is 6.48. The summed E-state index contributed by atoms with van der Waals surface area (Å²) in [6, 6.07) is 0. The van der Waals surface area contributed by atoms with Gasteiger partial charge in [-0.3, -0.25) is 0 Å². The van der Waals surface area contributed by atoms with E-state index in [1.807, 2.05) is 33.8 Å². The summed E-state index contributed by atoms with van der Waals surface area (Å²) in [6.45, 7) is 8.13. The molecule has 0 bridgehead atoms. The predicted octanol–water partition coefficient (Wildman–Crippen LogP) is 2.14. The van der Waals surface area contributed by atoms with E-state index in [9.17, 15) is 5.11 Å². The molecular formula is C13H20O2. The first-order chi connectivity index (χ1) is 6.90. The van der Waals surface area contributed by atoms with Crippen LogP contribution in [-0.2, 0) is 4.74 Å². The molecule has 0 saturated carbocycles. The summed E-state index contributed by atoms with van der Waals surface area (Å²) in [4.78, 5) is 0. The van der Waals surface area contributed by atoms with Gasteiger partial charge in [0.05, 0.1) is 0 Å². The Bertz CT molecular complexity index is 305. The third-order valence-corrected chi connectivity index (χ3v) is 1.89. The van der Waals surface area contributed by atoms with Crippen LogP contribution in [0.1, 0.15) is 27.7 Å². The van der Waals surface area contributed by atoms with Crippen LogP contribution in [0.5, 0.6) is 0 Å². The molecule has 15 heavy (non-hydrogen) atoms. The van der Waals surface area contributed by atoms with Crippen molar-refractivity contribution in [2.24, 2.45) is 5.41 Å². The highest BCUT2D eigenvalue weighted by atomic mass is 16.5. The molecular weight excluding hydrogens is 188 g/mol. The number of aliphatic hydroxyl groups excluding tert-OH is 1. The van der Waals surface area contributed by atoms with Crippen molar-refractivity contribution in [3.05, 3.63) is 17.4 Å². The lowest BCUT2D eigenvalue weighted by Gasteiger charge is -2.21. The van der Waals surface area contributed by atoms with Crippen LogP contribution in [0.15, 0.2) is 17.4 Å². The second-order valence-electron chi connectivity index (χ2n) is 4.27. The van der Waals surface area contributed by atoms with Gasteiger partial charge >= 0.3 is 0 Å². The van der Waals surface area contributed by atoms with Crippen LogP contribution in [-0.4, -0.2) is 24.9 Å². The van der Waals surface area contributed by atoms with E-state index < -0.39 is 11.5 Å². The summed E-state index contributed by atoms with van der Waals surface area (Å²) in [5, 5.41) is 9.81. The van der Waals surface area contributed by atoms with Gasteiger partial charge in [0.2, 0.25) is 0 Å². The van der Waals surface area contributed by atoms with Gasteiger partial charge in [0.1, 0.15) is 12.7 Å². The molecule has 0 amide bonds. The molecule has 0 spiro atoms. The molecule has 1 unspecified atom stereocenters. The fourth-order valence-electron chi connectivity index (χ4n) is 0.806. The Hall–Kier alpha value is -1.00. The molecule has 0 aromatic heterocycles. The Morgan fingerprint density at radius 2 is 2.07 bits per heavy atom. The van der Waals surface area contributed by atoms with Gasteiger partial charge in [-0.05, 0) is 25.5 Å². The average Bonchev–Trinajstić information content (AvgIpc) is 2.15. The van der Waals surface area contributed by atoms with Crippen LogP contribution in [0.25, 0.3) is 0 Å². The van der Waals surface area contributed by atoms with Gasteiger partial charge in [-0.15, -0.1) is 5.73 Å². The van der Waals surface area contributed by atoms with Crippen LogP contribution in [0.3, 0.4) is 0 Å². The zero-order valence-corrected chi connectivity index (χ0v) is 10.2. The Kier molecular flexibility index (Phi) is 6.05. The minimum Gasteiger partial charge on any atom is -0.379 e. The standard InChI is InChI=1S/C13H20O2/c1-11(2)8-9-13(3,4)12(14)7-6-10-15-5/h9,12,14H,10H2,1-5H3. The van der Waals surface area contributed by atoms with Crippen molar-refractivity contribution in [1.82, 2.24) is 0 Å². The summed E-state index contributed by atoms with van der Waals surface area (Å²) in [5.74, 6) is 5.50. The van der Waals surface area contributed by atoms with Crippen LogP contribution >= 0.6 is 0 Å². The van der Waals surface area contributed by atoms with E-state index in [1.165, 1.54) is 0 Å². The summed E-state index contributed by atoms with van der Waals surface area (Å²) in [6.07, 6.45) is 1.16. The number of rotatable bonds is 3. The topological polar surface area (TPSA) is 29.5 Å². The van der Waals surface area contributed by atoms with Crippen LogP contribution in [0.4, 0.5) is 0 Å². The quantitative estimate of drug-likeness (QED) is 0.569. The first-order valence-corrected chi connectivity index (χ1v) is 4.96. The highest BCUT2D eigenvalue weighted by molar-refractivity contribution is 5.14. The average molecular weight is 208 g/mol. The molecule has 0 radical (unpaired) electrons. The fraction of sp³-hybridized carbons (Fsp3) is 0.615. The predicted molar refractivity (Wildman–Crippen MR) is 62.4 cm³/mol. The Morgan fingerprint density at radius 1 is 1.47 bits per heavy atom. The summed E-state index contributed by atoms with van der Waals surface area (Å²) in [5.41, 5.74) is 3.78. The van der Waals surface area contributed by atoms with Gasteiger partial charge in [-0.2, -0.15) is 0 Å². The maximum absolute atomic E-state index is 9.81. The molecule has 0 heterocycles. The number of methoxy groups -OCH3 is 1. The number of hydrogen-bond acceptors (Lipinski definition) is 2. The van der Waals surface area contributed by atoms with Gasteiger partial charge in [-0.1, -0.05) is 25.7 Å². The molecule has 0 aliphatic carbocycles. The zero-order chi connectivity index (χ0) is 11.9.